The first kappa shape index (κ1) is 17.8. The van der Waals surface area contributed by atoms with Gasteiger partial charge in [-0.1, -0.05) is 18.2 Å². The van der Waals surface area contributed by atoms with Crippen LogP contribution in [0.1, 0.15) is 12.2 Å². The second kappa shape index (κ2) is 8.89. The van der Waals surface area contributed by atoms with Crippen molar-refractivity contribution in [2.45, 2.75) is 6.42 Å². The number of nitrogens with one attached hydrogen (secondary N) is 1. The summed E-state index contributed by atoms with van der Waals surface area (Å²) in [5.74, 6) is 0.462. The Bertz CT molecular complexity index is 733. The van der Waals surface area contributed by atoms with Crippen LogP contribution in [0.25, 0.3) is 6.08 Å². The SMILES string of the molecule is O=C(C=Cc1ccco1)NCCC(=O)N1CCN(c2ccccc2)CC1. The molecule has 0 atom stereocenters. The lowest BCUT2D eigenvalue weighted by molar-refractivity contribution is -0.131. The lowest BCUT2D eigenvalue weighted by Gasteiger charge is -2.36. The quantitative estimate of drug-likeness (QED) is 0.808. The Morgan fingerprint density at radius 2 is 1.81 bits per heavy atom. The Morgan fingerprint density at radius 1 is 1.04 bits per heavy atom. The lowest BCUT2D eigenvalue weighted by Crippen LogP contribution is -2.49. The number of hydrogen-bond donors (Lipinski definition) is 1. The average Bonchev–Trinajstić information content (AvgIpc) is 3.21. The van der Waals surface area contributed by atoms with Gasteiger partial charge in [0.2, 0.25) is 11.8 Å². The molecule has 2 amide bonds. The van der Waals surface area contributed by atoms with Gasteiger partial charge in [0, 0.05) is 50.9 Å². The summed E-state index contributed by atoms with van der Waals surface area (Å²) >= 11 is 0. The van der Waals surface area contributed by atoms with Gasteiger partial charge >= 0.3 is 0 Å². The molecule has 1 aliphatic rings. The summed E-state index contributed by atoms with van der Waals surface area (Å²) in [4.78, 5) is 28.2. The summed E-state index contributed by atoms with van der Waals surface area (Å²) in [5, 5.41) is 2.72. The third kappa shape index (κ3) is 4.99. The average molecular weight is 353 g/mol. The predicted octanol–water partition coefficient (Wildman–Crippen LogP) is 2.15. The molecule has 0 radical (unpaired) electrons. The maximum atomic E-state index is 12.3. The highest BCUT2D eigenvalue weighted by atomic mass is 16.3. The third-order valence-electron chi connectivity index (χ3n) is 4.33. The van der Waals surface area contributed by atoms with Crippen LogP contribution >= 0.6 is 0 Å². The summed E-state index contributed by atoms with van der Waals surface area (Å²) in [6.45, 7) is 3.40. The molecule has 2 heterocycles. The molecule has 1 aromatic carbocycles. The molecule has 136 valence electrons. The molecule has 0 unspecified atom stereocenters. The first-order valence-electron chi connectivity index (χ1n) is 8.79. The van der Waals surface area contributed by atoms with Crippen LogP contribution in [0.3, 0.4) is 0 Å². The molecule has 1 N–H and O–H groups in total. The smallest absolute Gasteiger partial charge is 0.244 e. The number of piperazine rings is 1. The first-order valence-corrected chi connectivity index (χ1v) is 8.79. The Kier molecular flexibility index (Phi) is 6.09. The minimum absolute atomic E-state index is 0.0769. The topological polar surface area (TPSA) is 65.8 Å². The largest absolute Gasteiger partial charge is 0.465 e. The minimum atomic E-state index is -0.233. The predicted molar refractivity (Wildman–Crippen MR) is 101 cm³/mol. The van der Waals surface area contributed by atoms with E-state index >= 15 is 0 Å². The first-order chi connectivity index (χ1) is 12.7. The van der Waals surface area contributed by atoms with Crippen molar-refractivity contribution < 1.29 is 14.0 Å². The molecule has 0 saturated carbocycles. The summed E-state index contributed by atoms with van der Waals surface area (Å²) < 4.78 is 5.11. The Morgan fingerprint density at radius 3 is 2.50 bits per heavy atom. The summed E-state index contributed by atoms with van der Waals surface area (Å²) in [5.41, 5.74) is 1.19. The highest BCUT2D eigenvalue weighted by molar-refractivity contribution is 5.91. The van der Waals surface area contributed by atoms with Crippen LogP contribution in [-0.4, -0.2) is 49.4 Å². The standard InChI is InChI=1S/C20H23N3O3/c24-19(9-8-18-7-4-16-26-18)21-11-10-20(25)23-14-12-22(13-15-23)17-5-2-1-3-6-17/h1-9,16H,10-15H2,(H,21,24). The van der Waals surface area contributed by atoms with Crippen LogP contribution in [0.4, 0.5) is 5.69 Å². The number of benzene rings is 1. The number of furan rings is 1. The van der Waals surface area contributed by atoms with Gasteiger partial charge in [-0.2, -0.15) is 0 Å². The van der Waals surface area contributed by atoms with Crippen molar-refractivity contribution in [3.8, 4) is 0 Å². The zero-order valence-corrected chi connectivity index (χ0v) is 14.6. The Hall–Kier alpha value is -3.02. The molecule has 1 saturated heterocycles. The van der Waals surface area contributed by atoms with Gasteiger partial charge in [0.05, 0.1) is 6.26 Å². The molecule has 0 bridgehead atoms. The van der Waals surface area contributed by atoms with E-state index in [-0.39, 0.29) is 11.8 Å². The van der Waals surface area contributed by atoms with Crippen molar-refractivity contribution in [1.82, 2.24) is 10.2 Å². The summed E-state index contributed by atoms with van der Waals surface area (Å²) in [6.07, 6.45) is 4.86. The third-order valence-corrected chi connectivity index (χ3v) is 4.33. The van der Waals surface area contributed by atoms with Crippen LogP contribution in [0, 0.1) is 0 Å². The minimum Gasteiger partial charge on any atom is -0.465 e. The fourth-order valence-corrected chi connectivity index (χ4v) is 2.91. The van der Waals surface area contributed by atoms with E-state index in [2.05, 4.69) is 22.3 Å². The monoisotopic (exact) mass is 353 g/mol. The van der Waals surface area contributed by atoms with Gasteiger partial charge in [-0.05, 0) is 30.3 Å². The van der Waals surface area contributed by atoms with E-state index in [1.54, 1.807) is 24.5 Å². The zero-order chi connectivity index (χ0) is 18.2. The molecule has 0 spiro atoms. The molecule has 1 aliphatic heterocycles. The van der Waals surface area contributed by atoms with Gasteiger partial charge in [0.15, 0.2) is 0 Å². The van der Waals surface area contributed by atoms with E-state index in [0.29, 0.717) is 31.8 Å². The molecular weight excluding hydrogens is 330 g/mol. The van der Waals surface area contributed by atoms with E-state index in [0.717, 1.165) is 13.1 Å². The van der Waals surface area contributed by atoms with Crippen molar-refractivity contribution in [3.05, 3.63) is 60.6 Å². The molecule has 6 nitrogen and oxygen atoms in total. The van der Waals surface area contributed by atoms with E-state index in [1.165, 1.54) is 11.8 Å². The second-order valence-corrected chi connectivity index (χ2v) is 6.09. The number of rotatable bonds is 6. The number of hydrogen-bond acceptors (Lipinski definition) is 4. The fourth-order valence-electron chi connectivity index (χ4n) is 2.91. The normalized spacial score (nSPS) is 14.6. The van der Waals surface area contributed by atoms with Gasteiger partial charge < -0.3 is 19.5 Å². The van der Waals surface area contributed by atoms with Gasteiger partial charge in [0.1, 0.15) is 5.76 Å². The maximum Gasteiger partial charge on any atom is 0.244 e. The van der Waals surface area contributed by atoms with Crippen LogP contribution < -0.4 is 10.2 Å². The number of carbonyl (C=O) groups excluding carboxylic acids is 2. The zero-order valence-electron chi connectivity index (χ0n) is 14.6. The van der Waals surface area contributed by atoms with E-state index in [1.807, 2.05) is 23.1 Å². The van der Waals surface area contributed by atoms with E-state index in [9.17, 15) is 9.59 Å². The number of nitrogens with zero attached hydrogens (tertiary/aromatic N) is 2. The Balaban J connectivity index is 1.36. The molecule has 6 heteroatoms. The van der Waals surface area contributed by atoms with E-state index < -0.39 is 0 Å². The number of anilines is 1. The lowest BCUT2D eigenvalue weighted by atomic mass is 10.2. The fraction of sp³-hybridized carbons (Fsp3) is 0.300. The van der Waals surface area contributed by atoms with Gasteiger partial charge in [-0.15, -0.1) is 0 Å². The molecule has 0 aliphatic carbocycles. The molecule has 1 fully saturated rings. The molecule has 3 rings (SSSR count). The number of amides is 2. The van der Waals surface area contributed by atoms with Crippen molar-refractivity contribution in [2.75, 3.05) is 37.6 Å². The molecule has 1 aromatic heterocycles. The van der Waals surface area contributed by atoms with Gasteiger partial charge in [-0.3, -0.25) is 9.59 Å². The molecule has 2 aromatic rings. The number of carbonyl (C=O) groups is 2. The second-order valence-electron chi connectivity index (χ2n) is 6.09. The van der Waals surface area contributed by atoms with Crippen LogP contribution in [0.15, 0.2) is 59.2 Å². The highest BCUT2D eigenvalue weighted by Gasteiger charge is 2.20. The van der Waals surface area contributed by atoms with Crippen molar-refractivity contribution in [2.24, 2.45) is 0 Å². The Labute approximate surface area is 153 Å². The van der Waals surface area contributed by atoms with Crippen molar-refractivity contribution >= 4 is 23.6 Å². The highest BCUT2D eigenvalue weighted by Crippen LogP contribution is 2.15. The van der Waals surface area contributed by atoms with Gasteiger partial charge in [0.25, 0.3) is 0 Å². The van der Waals surface area contributed by atoms with E-state index in [4.69, 9.17) is 4.42 Å². The number of para-hydroxylation sites is 1. The van der Waals surface area contributed by atoms with Crippen molar-refractivity contribution in [3.63, 3.8) is 0 Å². The maximum absolute atomic E-state index is 12.3. The summed E-state index contributed by atoms with van der Waals surface area (Å²) in [7, 11) is 0. The summed E-state index contributed by atoms with van der Waals surface area (Å²) in [6, 6.07) is 13.7. The molecular formula is C20H23N3O3. The van der Waals surface area contributed by atoms with Gasteiger partial charge in [-0.25, -0.2) is 0 Å². The van der Waals surface area contributed by atoms with Crippen LogP contribution in [0.5, 0.6) is 0 Å². The van der Waals surface area contributed by atoms with Crippen LogP contribution in [0.2, 0.25) is 0 Å². The van der Waals surface area contributed by atoms with Crippen molar-refractivity contribution in [1.29, 1.82) is 0 Å². The van der Waals surface area contributed by atoms with Crippen LogP contribution in [-0.2, 0) is 9.59 Å². The molecule has 26 heavy (non-hydrogen) atoms.